The van der Waals surface area contributed by atoms with E-state index >= 15 is 0 Å². The third kappa shape index (κ3) is 17.1. The average Bonchev–Trinajstić information content (AvgIpc) is 2.50. The Kier molecular flexibility index (Phi) is 14.9. The van der Waals surface area contributed by atoms with E-state index in [0.29, 0.717) is 39.6 Å². The molecule has 0 aliphatic rings. The van der Waals surface area contributed by atoms with Gasteiger partial charge in [-0.05, 0) is 13.8 Å². The Labute approximate surface area is 155 Å². The molecule has 150 valence electrons. The van der Waals surface area contributed by atoms with Crippen LogP contribution in [0.2, 0.25) is 0 Å². The van der Waals surface area contributed by atoms with Crippen LogP contribution < -0.4 is 10.2 Å². The molecule has 0 aliphatic carbocycles. The fourth-order valence-corrected chi connectivity index (χ4v) is 3.10. The molecule has 0 bridgehead atoms. The predicted octanol–water partition coefficient (Wildman–Crippen LogP) is 0.835. The number of nitrogens with one attached hydrogen (secondary N) is 1. The summed E-state index contributed by atoms with van der Waals surface area (Å²) in [6, 6.07) is 0. The number of carbonyl (C=O) groups excluding carboxylic acids is 1. The van der Waals surface area contributed by atoms with Crippen molar-refractivity contribution in [3.8, 4) is 0 Å². The Balaban J connectivity index is 3.29. The number of carbonyl (C=O) groups is 1. The lowest BCUT2D eigenvalue weighted by Gasteiger charge is -2.29. The van der Waals surface area contributed by atoms with E-state index in [4.69, 9.17) is 35.1 Å². The van der Waals surface area contributed by atoms with E-state index in [2.05, 4.69) is 5.32 Å². The van der Waals surface area contributed by atoms with Gasteiger partial charge in [0.2, 0.25) is 5.91 Å². The van der Waals surface area contributed by atoms with Gasteiger partial charge in [0.25, 0.3) is 0 Å². The molecule has 0 aromatic rings. The maximum Gasteiger partial charge on any atom is 0.222 e. The molecule has 1 N–H and O–H groups in total. The second-order valence-electron chi connectivity index (χ2n) is 5.72. The Morgan fingerprint density at radius 2 is 1.44 bits per heavy atom. The molecule has 1 atom stereocenters. The number of hydrogen-bond donors (Lipinski definition) is 1. The van der Waals surface area contributed by atoms with Crippen molar-refractivity contribution < 1.29 is 32.9 Å². The van der Waals surface area contributed by atoms with E-state index in [0.717, 1.165) is 0 Å². The maximum atomic E-state index is 11.6. The summed E-state index contributed by atoms with van der Waals surface area (Å²) in [4.78, 5) is 22.9. The standard InChI is InChI=1S/C15H32NO7PS/c1-13(2)15(17)16-5-6-19-7-8-20-9-10-21-11-12-22-24(18,25)23-14(3)4/h13-14H,5-12H2,1-4H3,(H,16,17)(H,18,25)/p-1. The number of ether oxygens (including phenoxy) is 3. The summed E-state index contributed by atoms with van der Waals surface area (Å²) in [6.45, 7) is 6.77. The van der Waals surface area contributed by atoms with Crippen molar-refractivity contribution in [3.05, 3.63) is 0 Å². The summed E-state index contributed by atoms with van der Waals surface area (Å²) in [5.74, 6) is -0.00126. The molecule has 0 heterocycles. The third-order valence-corrected chi connectivity index (χ3v) is 4.38. The van der Waals surface area contributed by atoms with Crippen LogP contribution in [0.1, 0.15) is 27.7 Å². The highest BCUT2D eigenvalue weighted by Crippen LogP contribution is 2.39. The first-order valence-corrected chi connectivity index (χ1v) is 10.9. The maximum absolute atomic E-state index is 11.6. The minimum atomic E-state index is -3.41. The molecule has 0 fully saturated rings. The summed E-state index contributed by atoms with van der Waals surface area (Å²) in [7, 11) is 0. The summed E-state index contributed by atoms with van der Waals surface area (Å²) in [5, 5.41) is 2.76. The van der Waals surface area contributed by atoms with Gasteiger partial charge < -0.3 is 33.5 Å². The lowest BCUT2D eigenvalue weighted by molar-refractivity contribution is -0.210. The normalized spacial score (nSPS) is 14.0. The van der Waals surface area contributed by atoms with Gasteiger partial charge in [0.15, 0.2) is 0 Å². The summed E-state index contributed by atoms with van der Waals surface area (Å²) < 4.78 is 25.9. The van der Waals surface area contributed by atoms with Gasteiger partial charge in [-0.3, -0.25) is 4.79 Å². The van der Waals surface area contributed by atoms with Crippen LogP contribution >= 0.6 is 6.72 Å². The van der Waals surface area contributed by atoms with Gasteiger partial charge in [-0.1, -0.05) is 25.7 Å². The lowest BCUT2D eigenvalue weighted by atomic mass is 10.2. The summed E-state index contributed by atoms with van der Waals surface area (Å²) in [6.07, 6.45) is -0.244. The van der Waals surface area contributed by atoms with Crippen molar-refractivity contribution >= 4 is 24.4 Å². The first-order valence-electron chi connectivity index (χ1n) is 8.39. The molecule has 1 unspecified atom stereocenters. The lowest BCUT2D eigenvalue weighted by Crippen LogP contribution is -2.31. The van der Waals surface area contributed by atoms with Gasteiger partial charge in [0.05, 0.1) is 52.4 Å². The third-order valence-electron chi connectivity index (χ3n) is 2.63. The topological polar surface area (TPSA) is 98.3 Å². The van der Waals surface area contributed by atoms with Crippen LogP contribution in [0.3, 0.4) is 0 Å². The zero-order valence-electron chi connectivity index (χ0n) is 15.5. The Morgan fingerprint density at radius 1 is 0.960 bits per heavy atom. The second-order valence-corrected chi connectivity index (χ2v) is 8.42. The van der Waals surface area contributed by atoms with E-state index < -0.39 is 6.72 Å². The smallest absolute Gasteiger partial charge is 0.222 e. The highest BCUT2D eigenvalue weighted by atomic mass is 32.5. The van der Waals surface area contributed by atoms with Crippen LogP contribution in [0.25, 0.3) is 0 Å². The van der Waals surface area contributed by atoms with Crippen LogP contribution in [-0.4, -0.2) is 64.8 Å². The quantitative estimate of drug-likeness (QED) is 0.301. The van der Waals surface area contributed by atoms with E-state index in [1.165, 1.54) is 0 Å². The molecule has 0 saturated heterocycles. The van der Waals surface area contributed by atoms with Crippen molar-refractivity contribution in [1.82, 2.24) is 5.32 Å². The molecule has 0 aliphatic heterocycles. The van der Waals surface area contributed by atoms with Gasteiger partial charge in [-0.25, -0.2) is 0 Å². The van der Waals surface area contributed by atoms with Crippen molar-refractivity contribution in [2.75, 3.05) is 52.8 Å². The molecule has 0 saturated carbocycles. The Hall–Kier alpha value is -0.120. The molecular weight excluding hydrogens is 369 g/mol. The summed E-state index contributed by atoms with van der Waals surface area (Å²) in [5.41, 5.74) is 0. The first kappa shape index (κ1) is 24.9. The molecular formula is C15H31NO7PS-. The molecule has 8 nitrogen and oxygen atoms in total. The molecule has 0 rings (SSSR count). The van der Waals surface area contributed by atoms with Crippen LogP contribution in [0.15, 0.2) is 0 Å². The Bertz CT molecular complexity index is 396. The molecule has 0 spiro atoms. The summed E-state index contributed by atoms with van der Waals surface area (Å²) >= 11 is 4.72. The molecule has 25 heavy (non-hydrogen) atoms. The zero-order valence-corrected chi connectivity index (χ0v) is 17.2. The van der Waals surface area contributed by atoms with Crippen molar-refractivity contribution in [1.29, 1.82) is 0 Å². The van der Waals surface area contributed by atoms with Gasteiger partial charge >= 0.3 is 0 Å². The minimum Gasteiger partial charge on any atom is -0.780 e. The van der Waals surface area contributed by atoms with E-state index in [-0.39, 0.29) is 31.1 Å². The molecule has 10 heteroatoms. The van der Waals surface area contributed by atoms with Crippen molar-refractivity contribution in [3.63, 3.8) is 0 Å². The number of hydrogen-bond acceptors (Lipinski definition) is 8. The molecule has 1 amide bonds. The van der Waals surface area contributed by atoms with Crippen LogP contribution in [0.5, 0.6) is 0 Å². The minimum absolute atomic E-state index is 0.0177. The highest BCUT2D eigenvalue weighted by molar-refractivity contribution is 8.06. The second kappa shape index (κ2) is 15.0. The molecule has 0 radical (unpaired) electrons. The van der Waals surface area contributed by atoms with E-state index in [1.807, 2.05) is 13.8 Å². The number of amides is 1. The molecule has 0 aromatic carbocycles. The predicted molar refractivity (Wildman–Crippen MR) is 96.8 cm³/mol. The van der Waals surface area contributed by atoms with Gasteiger partial charge in [-0.2, -0.15) is 0 Å². The highest BCUT2D eigenvalue weighted by Gasteiger charge is 2.06. The zero-order chi connectivity index (χ0) is 19.1. The first-order chi connectivity index (χ1) is 11.7. The largest absolute Gasteiger partial charge is 0.780 e. The van der Waals surface area contributed by atoms with Crippen LogP contribution in [0, 0.1) is 5.92 Å². The van der Waals surface area contributed by atoms with Crippen LogP contribution in [0.4, 0.5) is 0 Å². The van der Waals surface area contributed by atoms with Gasteiger partial charge in [-0.15, -0.1) is 0 Å². The molecule has 0 aromatic heterocycles. The van der Waals surface area contributed by atoms with Crippen molar-refractivity contribution in [2.24, 2.45) is 5.92 Å². The average molecular weight is 400 g/mol. The van der Waals surface area contributed by atoms with E-state index in [1.54, 1.807) is 13.8 Å². The van der Waals surface area contributed by atoms with Crippen molar-refractivity contribution in [2.45, 2.75) is 33.8 Å². The van der Waals surface area contributed by atoms with Crippen LogP contribution in [-0.2, 0) is 39.9 Å². The van der Waals surface area contributed by atoms with Gasteiger partial charge in [0, 0.05) is 12.5 Å². The number of rotatable bonds is 16. The Morgan fingerprint density at radius 3 is 1.92 bits per heavy atom. The fourth-order valence-electron chi connectivity index (χ4n) is 1.49. The monoisotopic (exact) mass is 400 g/mol. The fraction of sp³-hybridized carbons (Fsp3) is 0.933. The van der Waals surface area contributed by atoms with E-state index in [9.17, 15) is 9.69 Å². The van der Waals surface area contributed by atoms with Gasteiger partial charge in [0.1, 0.15) is 6.72 Å². The SMILES string of the molecule is CC(C)OP([O-])(=S)OCCOCCOCCOCCNC(=O)C(C)C.